The zero-order valence-electron chi connectivity index (χ0n) is 15.9. The number of carbonyl (C=O) groups excluding carboxylic acids is 1. The summed E-state index contributed by atoms with van der Waals surface area (Å²) in [5.74, 6) is 1.18. The molecule has 142 valence electrons. The molecule has 0 saturated carbocycles. The van der Waals surface area contributed by atoms with Crippen LogP contribution in [-0.2, 0) is 0 Å². The summed E-state index contributed by atoms with van der Waals surface area (Å²) in [5, 5.41) is 5.10. The molecule has 0 radical (unpaired) electrons. The van der Waals surface area contributed by atoms with Gasteiger partial charge in [0, 0.05) is 10.8 Å². The predicted octanol–water partition coefficient (Wildman–Crippen LogP) is 4.96. The number of hydrogen-bond donors (Lipinski definition) is 1. The van der Waals surface area contributed by atoms with E-state index in [0.29, 0.717) is 16.4 Å². The molecule has 1 atom stereocenters. The lowest BCUT2D eigenvalue weighted by Gasteiger charge is -2.16. The molecule has 0 saturated heterocycles. The Bertz CT molecular complexity index is 1120. The second-order valence-electron chi connectivity index (χ2n) is 6.50. The van der Waals surface area contributed by atoms with Crippen LogP contribution in [0.1, 0.15) is 28.2 Å². The minimum Gasteiger partial charge on any atom is -0.493 e. The molecule has 6 heteroatoms. The first-order valence-electron chi connectivity index (χ1n) is 8.91. The molecule has 0 aliphatic heterocycles. The highest BCUT2D eigenvalue weighted by atomic mass is 32.1. The molecule has 28 heavy (non-hydrogen) atoms. The van der Waals surface area contributed by atoms with Crippen molar-refractivity contribution in [1.29, 1.82) is 0 Å². The van der Waals surface area contributed by atoms with Crippen LogP contribution in [0, 0.1) is 0 Å². The monoisotopic (exact) mass is 392 g/mol. The fraction of sp³-hybridized carbons (Fsp3) is 0.182. The molecule has 1 N–H and O–H groups in total. The van der Waals surface area contributed by atoms with Crippen molar-refractivity contribution in [3.05, 3.63) is 65.0 Å². The maximum absolute atomic E-state index is 12.8. The largest absolute Gasteiger partial charge is 0.493 e. The number of rotatable bonds is 5. The summed E-state index contributed by atoms with van der Waals surface area (Å²) >= 11 is 1.40. The van der Waals surface area contributed by atoms with Gasteiger partial charge in [0.2, 0.25) is 0 Å². The van der Waals surface area contributed by atoms with Gasteiger partial charge in [0.15, 0.2) is 11.5 Å². The molecule has 2 heterocycles. The van der Waals surface area contributed by atoms with Gasteiger partial charge in [-0.3, -0.25) is 4.79 Å². The maximum Gasteiger partial charge on any atom is 0.261 e. The number of nitrogens with one attached hydrogen (secondary N) is 1. The van der Waals surface area contributed by atoms with Gasteiger partial charge in [-0.25, -0.2) is 4.98 Å². The first-order valence-corrected chi connectivity index (χ1v) is 9.73. The Morgan fingerprint density at radius 3 is 2.57 bits per heavy atom. The van der Waals surface area contributed by atoms with Crippen LogP contribution in [0.4, 0.5) is 0 Å². The lowest BCUT2D eigenvalue weighted by atomic mass is 10.1. The van der Waals surface area contributed by atoms with E-state index in [1.54, 1.807) is 14.2 Å². The van der Waals surface area contributed by atoms with E-state index in [1.807, 2.05) is 55.5 Å². The van der Waals surface area contributed by atoms with E-state index in [-0.39, 0.29) is 11.9 Å². The van der Waals surface area contributed by atoms with Crippen molar-refractivity contribution in [3.8, 4) is 11.5 Å². The Morgan fingerprint density at radius 2 is 1.79 bits per heavy atom. The first kappa shape index (κ1) is 18.3. The summed E-state index contributed by atoms with van der Waals surface area (Å²) < 4.78 is 10.6. The molecule has 4 rings (SSSR count). The van der Waals surface area contributed by atoms with Crippen LogP contribution >= 0.6 is 11.3 Å². The number of carbonyl (C=O) groups is 1. The van der Waals surface area contributed by atoms with E-state index in [2.05, 4.69) is 16.4 Å². The van der Waals surface area contributed by atoms with Crippen molar-refractivity contribution in [2.24, 2.45) is 0 Å². The number of benzene rings is 2. The molecule has 4 aromatic rings. The number of pyridine rings is 1. The van der Waals surface area contributed by atoms with E-state index >= 15 is 0 Å². The fourth-order valence-electron chi connectivity index (χ4n) is 3.16. The van der Waals surface area contributed by atoms with Crippen LogP contribution in [0.15, 0.2) is 54.6 Å². The smallest absolute Gasteiger partial charge is 0.261 e. The Balaban J connectivity index is 1.58. The van der Waals surface area contributed by atoms with Crippen molar-refractivity contribution >= 4 is 38.4 Å². The number of nitrogens with zero attached hydrogens (tertiary/aromatic N) is 1. The summed E-state index contributed by atoms with van der Waals surface area (Å²) in [6.07, 6.45) is 0. The Morgan fingerprint density at radius 1 is 1.00 bits per heavy atom. The highest BCUT2D eigenvalue weighted by molar-refractivity contribution is 7.20. The third-order valence-corrected chi connectivity index (χ3v) is 5.73. The fourth-order valence-corrected chi connectivity index (χ4v) is 4.09. The van der Waals surface area contributed by atoms with Gasteiger partial charge in [-0.05, 0) is 42.8 Å². The number of hydrogen-bond acceptors (Lipinski definition) is 5. The van der Waals surface area contributed by atoms with Crippen molar-refractivity contribution in [2.75, 3.05) is 14.2 Å². The number of amides is 1. The van der Waals surface area contributed by atoms with Crippen LogP contribution in [0.25, 0.3) is 21.1 Å². The summed E-state index contributed by atoms with van der Waals surface area (Å²) in [5.41, 5.74) is 1.87. The molecule has 0 unspecified atom stereocenters. The van der Waals surface area contributed by atoms with Crippen LogP contribution in [0.2, 0.25) is 0 Å². The highest BCUT2D eigenvalue weighted by Crippen LogP contribution is 2.31. The van der Waals surface area contributed by atoms with Gasteiger partial charge in [-0.2, -0.15) is 0 Å². The number of aromatic nitrogens is 1. The number of fused-ring (bicyclic) bond motifs is 2. The summed E-state index contributed by atoms with van der Waals surface area (Å²) in [6, 6.07) is 17.4. The summed E-state index contributed by atoms with van der Waals surface area (Å²) in [7, 11) is 3.20. The molecule has 5 nitrogen and oxygen atoms in total. The lowest BCUT2D eigenvalue weighted by Crippen LogP contribution is -2.25. The maximum atomic E-state index is 12.8. The number of methoxy groups -OCH3 is 2. The molecule has 0 aliphatic carbocycles. The molecule has 0 fully saturated rings. The van der Waals surface area contributed by atoms with E-state index in [9.17, 15) is 4.79 Å². The zero-order chi connectivity index (χ0) is 19.7. The zero-order valence-corrected chi connectivity index (χ0v) is 16.7. The van der Waals surface area contributed by atoms with Crippen molar-refractivity contribution in [3.63, 3.8) is 0 Å². The van der Waals surface area contributed by atoms with Gasteiger partial charge in [-0.15, -0.1) is 11.3 Å². The van der Waals surface area contributed by atoms with Crippen LogP contribution in [0.3, 0.4) is 0 Å². The molecular weight excluding hydrogens is 372 g/mol. The molecule has 0 bridgehead atoms. The lowest BCUT2D eigenvalue weighted by molar-refractivity contribution is 0.0944. The average molecular weight is 392 g/mol. The topological polar surface area (TPSA) is 60.5 Å². The normalized spacial score (nSPS) is 12.1. The molecule has 2 aromatic heterocycles. The Kier molecular flexibility index (Phi) is 4.88. The minimum absolute atomic E-state index is 0.116. The van der Waals surface area contributed by atoms with Gasteiger partial charge in [0.05, 0.1) is 30.7 Å². The molecule has 1 amide bonds. The third-order valence-electron chi connectivity index (χ3n) is 4.69. The van der Waals surface area contributed by atoms with Crippen LogP contribution in [-0.4, -0.2) is 25.1 Å². The second-order valence-corrected chi connectivity index (χ2v) is 7.53. The van der Waals surface area contributed by atoms with Crippen molar-refractivity contribution in [1.82, 2.24) is 10.3 Å². The Hall–Kier alpha value is -3.12. The third kappa shape index (κ3) is 3.39. The van der Waals surface area contributed by atoms with Gasteiger partial charge >= 0.3 is 0 Å². The van der Waals surface area contributed by atoms with E-state index in [1.165, 1.54) is 11.3 Å². The van der Waals surface area contributed by atoms with Gasteiger partial charge in [0.25, 0.3) is 5.91 Å². The molecule has 0 aliphatic rings. The molecule has 0 spiro atoms. The van der Waals surface area contributed by atoms with Crippen molar-refractivity contribution in [2.45, 2.75) is 13.0 Å². The van der Waals surface area contributed by atoms with E-state index in [4.69, 9.17) is 9.47 Å². The molecule has 2 aromatic carbocycles. The minimum atomic E-state index is -0.176. The number of para-hydroxylation sites is 1. The van der Waals surface area contributed by atoms with Gasteiger partial charge in [-0.1, -0.05) is 24.3 Å². The van der Waals surface area contributed by atoms with Gasteiger partial charge in [0.1, 0.15) is 4.83 Å². The van der Waals surface area contributed by atoms with Gasteiger partial charge < -0.3 is 14.8 Å². The first-order chi connectivity index (χ1) is 13.6. The van der Waals surface area contributed by atoms with Crippen LogP contribution in [0.5, 0.6) is 11.5 Å². The quantitative estimate of drug-likeness (QED) is 0.522. The van der Waals surface area contributed by atoms with E-state index < -0.39 is 0 Å². The standard InChI is InChI=1S/C22H20N2O3S/c1-13(14-8-9-18(26-2)19(11-14)27-3)23-21(25)20-12-16-10-15-6-4-5-7-17(15)24-22(16)28-20/h4-13H,1-3H3,(H,23,25)/t13-/m1/s1. The van der Waals surface area contributed by atoms with E-state index in [0.717, 1.165) is 26.7 Å². The average Bonchev–Trinajstić information content (AvgIpc) is 3.14. The van der Waals surface area contributed by atoms with Crippen LogP contribution < -0.4 is 14.8 Å². The number of ether oxygens (including phenoxy) is 2. The molecular formula is C22H20N2O3S. The van der Waals surface area contributed by atoms with Crippen molar-refractivity contribution < 1.29 is 14.3 Å². The second kappa shape index (κ2) is 7.48. The summed E-state index contributed by atoms with van der Waals surface area (Å²) in [6.45, 7) is 1.94. The Labute approximate surface area is 166 Å². The number of thiophene rings is 1. The highest BCUT2D eigenvalue weighted by Gasteiger charge is 2.16. The summed E-state index contributed by atoms with van der Waals surface area (Å²) in [4.78, 5) is 19.0. The predicted molar refractivity (Wildman–Crippen MR) is 113 cm³/mol. The SMILES string of the molecule is COc1ccc([C@@H](C)NC(=O)c2cc3cc4ccccc4nc3s2)cc1OC.